The third kappa shape index (κ3) is 3.38. The third-order valence-electron chi connectivity index (χ3n) is 4.60. The van der Waals surface area contributed by atoms with E-state index in [0.717, 1.165) is 12.5 Å². The average molecular weight is 287 g/mol. The number of hydrogen-bond donors (Lipinski definition) is 1. The van der Waals surface area contributed by atoms with Crippen molar-refractivity contribution in [2.24, 2.45) is 5.92 Å². The molecule has 0 amide bonds. The quantitative estimate of drug-likeness (QED) is 0.861. The minimum atomic E-state index is 0.239. The third-order valence-corrected chi connectivity index (χ3v) is 6.87. The predicted octanol–water partition coefficient (Wildman–Crippen LogP) is 2.77. The molecule has 3 saturated heterocycles. The van der Waals surface area contributed by atoms with Gasteiger partial charge in [-0.2, -0.15) is 23.5 Å². The fraction of sp³-hybridized carbons (Fsp3) is 1.00. The predicted molar refractivity (Wildman–Crippen MR) is 81.7 cm³/mol. The fourth-order valence-electron chi connectivity index (χ4n) is 3.35. The van der Waals surface area contributed by atoms with Crippen LogP contribution < -0.4 is 5.32 Å². The zero-order valence-electron chi connectivity index (χ0n) is 11.2. The number of rotatable bonds is 3. The number of thioether (sulfide) groups is 2. The molecule has 2 nitrogen and oxygen atoms in total. The Hall–Kier alpha value is 0.620. The number of ether oxygens (including phenoxy) is 1. The summed E-state index contributed by atoms with van der Waals surface area (Å²) in [4.78, 5) is 0. The molecule has 3 rings (SSSR count). The van der Waals surface area contributed by atoms with Gasteiger partial charge in [-0.25, -0.2) is 0 Å². The summed E-state index contributed by atoms with van der Waals surface area (Å²) in [5.74, 6) is 6.21. The summed E-state index contributed by atoms with van der Waals surface area (Å²) in [7, 11) is 0. The lowest BCUT2D eigenvalue weighted by molar-refractivity contribution is -0.0704. The van der Waals surface area contributed by atoms with Gasteiger partial charge in [0.2, 0.25) is 0 Å². The molecular weight excluding hydrogens is 262 g/mol. The van der Waals surface area contributed by atoms with Crippen LogP contribution in [-0.2, 0) is 4.74 Å². The van der Waals surface area contributed by atoms with Crippen LogP contribution in [0.25, 0.3) is 0 Å². The summed E-state index contributed by atoms with van der Waals surface area (Å²) >= 11 is 4.20. The average Bonchev–Trinajstić information content (AvgIpc) is 2.86. The van der Waals surface area contributed by atoms with Crippen molar-refractivity contribution in [1.29, 1.82) is 0 Å². The van der Waals surface area contributed by atoms with Gasteiger partial charge in [0.25, 0.3) is 0 Å². The normalized spacial score (nSPS) is 38.3. The Labute approximate surface area is 119 Å². The molecule has 3 aliphatic rings. The van der Waals surface area contributed by atoms with Gasteiger partial charge in [-0.05, 0) is 61.8 Å². The number of nitrogens with one attached hydrogen (secondary N) is 1. The van der Waals surface area contributed by atoms with E-state index in [1.807, 2.05) is 0 Å². The highest BCUT2D eigenvalue weighted by Gasteiger charge is 2.40. The van der Waals surface area contributed by atoms with Crippen molar-refractivity contribution in [3.63, 3.8) is 0 Å². The van der Waals surface area contributed by atoms with Crippen LogP contribution >= 0.6 is 23.5 Å². The van der Waals surface area contributed by atoms with Gasteiger partial charge in [0, 0.05) is 18.4 Å². The van der Waals surface area contributed by atoms with E-state index in [1.54, 1.807) is 0 Å². The zero-order valence-corrected chi connectivity index (χ0v) is 12.8. The highest BCUT2D eigenvalue weighted by Crippen LogP contribution is 2.38. The van der Waals surface area contributed by atoms with Crippen molar-refractivity contribution in [2.75, 3.05) is 36.2 Å². The summed E-state index contributed by atoms with van der Waals surface area (Å²) in [5.41, 5.74) is 0.239. The maximum absolute atomic E-state index is 6.08. The lowest BCUT2D eigenvalue weighted by Gasteiger charge is -2.38. The molecule has 1 spiro atoms. The van der Waals surface area contributed by atoms with Crippen LogP contribution in [0.1, 0.15) is 32.1 Å². The van der Waals surface area contributed by atoms with Gasteiger partial charge in [-0.1, -0.05) is 0 Å². The SMILES string of the molecule is C1CC(NCC2CCSCC2)CC2(CCSC2)O1. The van der Waals surface area contributed by atoms with Crippen molar-refractivity contribution >= 4 is 23.5 Å². The Balaban J connectivity index is 1.44. The maximum Gasteiger partial charge on any atom is 0.0795 e. The molecule has 0 aromatic rings. The molecule has 1 N–H and O–H groups in total. The molecule has 4 heteroatoms. The van der Waals surface area contributed by atoms with E-state index in [0.29, 0.717) is 6.04 Å². The lowest BCUT2D eigenvalue weighted by Crippen LogP contribution is -2.48. The van der Waals surface area contributed by atoms with Gasteiger partial charge in [-0.15, -0.1) is 0 Å². The molecule has 0 saturated carbocycles. The standard InChI is InChI=1S/C14H25NOS2/c1-5-16-14(4-8-18-11-14)9-13(1)15-10-12-2-6-17-7-3-12/h12-13,15H,1-11H2. The minimum Gasteiger partial charge on any atom is -0.374 e. The molecule has 0 radical (unpaired) electrons. The first-order valence-electron chi connectivity index (χ1n) is 7.39. The van der Waals surface area contributed by atoms with E-state index < -0.39 is 0 Å². The van der Waals surface area contributed by atoms with Crippen LogP contribution in [0.4, 0.5) is 0 Å². The van der Waals surface area contributed by atoms with Gasteiger partial charge in [0.15, 0.2) is 0 Å². The van der Waals surface area contributed by atoms with Crippen molar-refractivity contribution in [2.45, 2.75) is 43.7 Å². The van der Waals surface area contributed by atoms with Crippen molar-refractivity contribution in [1.82, 2.24) is 5.32 Å². The van der Waals surface area contributed by atoms with Crippen LogP contribution in [0, 0.1) is 5.92 Å². The van der Waals surface area contributed by atoms with E-state index in [-0.39, 0.29) is 5.60 Å². The smallest absolute Gasteiger partial charge is 0.0795 e. The van der Waals surface area contributed by atoms with Crippen LogP contribution in [0.15, 0.2) is 0 Å². The summed E-state index contributed by atoms with van der Waals surface area (Å²) in [6.45, 7) is 2.22. The molecule has 0 aliphatic carbocycles. The Bertz CT molecular complexity index is 263. The molecule has 2 unspecified atom stereocenters. The first kappa shape index (κ1) is 13.6. The Morgan fingerprint density at radius 2 is 2.00 bits per heavy atom. The second-order valence-corrected chi connectivity index (χ2v) is 8.32. The molecular formula is C14H25NOS2. The monoisotopic (exact) mass is 287 g/mol. The van der Waals surface area contributed by atoms with Gasteiger partial charge in [0.05, 0.1) is 5.60 Å². The highest BCUT2D eigenvalue weighted by atomic mass is 32.2. The zero-order chi connectivity index (χ0) is 12.3. The van der Waals surface area contributed by atoms with E-state index in [9.17, 15) is 0 Å². The van der Waals surface area contributed by atoms with Crippen molar-refractivity contribution < 1.29 is 4.74 Å². The highest BCUT2D eigenvalue weighted by molar-refractivity contribution is 7.99. The van der Waals surface area contributed by atoms with Gasteiger partial charge >= 0.3 is 0 Å². The largest absolute Gasteiger partial charge is 0.374 e. The van der Waals surface area contributed by atoms with Gasteiger partial charge in [-0.3, -0.25) is 0 Å². The molecule has 0 bridgehead atoms. The van der Waals surface area contributed by atoms with Crippen LogP contribution in [0.5, 0.6) is 0 Å². The van der Waals surface area contributed by atoms with Crippen LogP contribution in [0.3, 0.4) is 0 Å². The van der Waals surface area contributed by atoms with E-state index in [1.165, 1.54) is 61.7 Å². The summed E-state index contributed by atoms with van der Waals surface area (Å²) < 4.78 is 6.08. The second kappa shape index (κ2) is 6.38. The molecule has 0 aromatic carbocycles. The van der Waals surface area contributed by atoms with E-state index >= 15 is 0 Å². The topological polar surface area (TPSA) is 21.3 Å². The first-order valence-corrected chi connectivity index (χ1v) is 9.70. The van der Waals surface area contributed by atoms with Crippen LogP contribution in [-0.4, -0.2) is 47.8 Å². The Kier molecular flexibility index (Phi) is 4.82. The van der Waals surface area contributed by atoms with Crippen LogP contribution in [0.2, 0.25) is 0 Å². The number of hydrogen-bond acceptors (Lipinski definition) is 4. The fourth-order valence-corrected chi connectivity index (χ4v) is 5.93. The molecule has 3 heterocycles. The molecule has 0 aromatic heterocycles. The summed E-state index contributed by atoms with van der Waals surface area (Å²) in [6, 6.07) is 0.715. The molecule has 2 atom stereocenters. The van der Waals surface area contributed by atoms with Crippen molar-refractivity contribution in [3.05, 3.63) is 0 Å². The molecule has 104 valence electrons. The van der Waals surface area contributed by atoms with E-state index in [2.05, 4.69) is 28.8 Å². The Morgan fingerprint density at radius 1 is 1.11 bits per heavy atom. The van der Waals surface area contributed by atoms with E-state index in [4.69, 9.17) is 4.74 Å². The lowest BCUT2D eigenvalue weighted by atomic mass is 9.89. The second-order valence-electron chi connectivity index (χ2n) is 5.99. The summed E-state index contributed by atoms with van der Waals surface area (Å²) in [5, 5.41) is 3.84. The minimum absolute atomic E-state index is 0.239. The Morgan fingerprint density at radius 3 is 2.78 bits per heavy atom. The maximum atomic E-state index is 6.08. The molecule has 18 heavy (non-hydrogen) atoms. The van der Waals surface area contributed by atoms with Gasteiger partial charge in [0.1, 0.15) is 0 Å². The molecule has 3 aliphatic heterocycles. The first-order chi connectivity index (χ1) is 8.86. The van der Waals surface area contributed by atoms with Gasteiger partial charge < -0.3 is 10.1 Å². The molecule has 3 fully saturated rings. The summed E-state index contributed by atoms with van der Waals surface area (Å²) in [6.07, 6.45) is 6.58. The van der Waals surface area contributed by atoms with Crippen molar-refractivity contribution in [3.8, 4) is 0 Å².